The molecule has 132 valence electrons. The summed E-state index contributed by atoms with van der Waals surface area (Å²) >= 11 is 6.35. The highest BCUT2D eigenvalue weighted by Gasteiger charge is 2.52. The van der Waals surface area contributed by atoms with Crippen LogP contribution in [0.5, 0.6) is 11.5 Å². The van der Waals surface area contributed by atoms with E-state index in [0.717, 1.165) is 12.1 Å². The van der Waals surface area contributed by atoms with Crippen LogP contribution in [0.2, 0.25) is 5.02 Å². The van der Waals surface area contributed by atoms with E-state index in [9.17, 15) is 8.42 Å². The SMILES string of the molecule is CN(C)[C@@H]1CS(=O)(=O)[C@H]2CN(Cc3cc4c(cc3Cl)OCO4)C[C@@H]12. The van der Waals surface area contributed by atoms with Crippen molar-refractivity contribution in [3.05, 3.63) is 22.7 Å². The van der Waals surface area contributed by atoms with E-state index in [2.05, 4.69) is 4.90 Å². The minimum Gasteiger partial charge on any atom is -0.454 e. The van der Waals surface area contributed by atoms with Crippen LogP contribution in [0.4, 0.5) is 0 Å². The molecule has 3 aliphatic rings. The maximum absolute atomic E-state index is 12.5. The van der Waals surface area contributed by atoms with Gasteiger partial charge in [0.05, 0.1) is 11.0 Å². The van der Waals surface area contributed by atoms with Crippen molar-refractivity contribution in [2.45, 2.75) is 17.8 Å². The summed E-state index contributed by atoms with van der Waals surface area (Å²) in [6, 6.07) is 3.77. The molecule has 24 heavy (non-hydrogen) atoms. The van der Waals surface area contributed by atoms with E-state index in [4.69, 9.17) is 21.1 Å². The third-order valence-electron chi connectivity index (χ3n) is 5.34. The number of sulfone groups is 1. The van der Waals surface area contributed by atoms with Gasteiger partial charge in [0.1, 0.15) is 0 Å². The lowest BCUT2D eigenvalue weighted by Crippen LogP contribution is -2.37. The second-order valence-corrected chi connectivity index (χ2v) is 9.73. The molecular formula is C16H21ClN2O4S. The number of fused-ring (bicyclic) bond motifs is 2. The van der Waals surface area contributed by atoms with Crippen molar-refractivity contribution in [2.75, 3.05) is 39.7 Å². The van der Waals surface area contributed by atoms with E-state index in [-0.39, 0.29) is 29.8 Å². The molecule has 2 fully saturated rings. The van der Waals surface area contributed by atoms with Gasteiger partial charge in [0, 0.05) is 42.7 Å². The number of rotatable bonds is 3. The summed E-state index contributed by atoms with van der Waals surface area (Å²) in [4.78, 5) is 4.23. The van der Waals surface area contributed by atoms with E-state index >= 15 is 0 Å². The van der Waals surface area contributed by atoms with Crippen molar-refractivity contribution >= 4 is 21.4 Å². The van der Waals surface area contributed by atoms with Crippen LogP contribution in [0, 0.1) is 5.92 Å². The molecule has 3 aliphatic heterocycles. The molecule has 0 amide bonds. The van der Waals surface area contributed by atoms with Gasteiger partial charge in [-0.25, -0.2) is 8.42 Å². The lowest BCUT2D eigenvalue weighted by Gasteiger charge is -2.25. The molecule has 0 radical (unpaired) electrons. The zero-order valence-electron chi connectivity index (χ0n) is 13.7. The highest BCUT2D eigenvalue weighted by atomic mass is 35.5. The van der Waals surface area contributed by atoms with Gasteiger partial charge in [0.15, 0.2) is 21.3 Å². The molecule has 0 spiro atoms. The summed E-state index contributed by atoms with van der Waals surface area (Å²) in [5.74, 6) is 1.80. The van der Waals surface area contributed by atoms with Gasteiger partial charge in [-0.2, -0.15) is 0 Å². The van der Waals surface area contributed by atoms with Crippen LogP contribution in [0.25, 0.3) is 0 Å². The molecular weight excluding hydrogens is 352 g/mol. The lowest BCUT2D eigenvalue weighted by atomic mass is 10.00. The minimum absolute atomic E-state index is 0.0947. The van der Waals surface area contributed by atoms with Crippen molar-refractivity contribution in [3.63, 3.8) is 0 Å². The second-order valence-electron chi connectivity index (χ2n) is 7.05. The number of nitrogens with zero attached hydrogens (tertiary/aromatic N) is 2. The fourth-order valence-corrected chi connectivity index (χ4v) is 6.82. The Morgan fingerprint density at radius 1 is 1.25 bits per heavy atom. The first kappa shape index (κ1) is 16.4. The zero-order valence-corrected chi connectivity index (χ0v) is 15.3. The van der Waals surface area contributed by atoms with E-state index < -0.39 is 9.84 Å². The van der Waals surface area contributed by atoms with Gasteiger partial charge in [-0.15, -0.1) is 0 Å². The summed E-state index contributed by atoms with van der Waals surface area (Å²) in [5, 5.41) is 0.362. The molecule has 6 nitrogen and oxygen atoms in total. The van der Waals surface area contributed by atoms with Gasteiger partial charge < -0.3 is 14.4 Å². The van der Waals surface area contributed by atoms with Crippen molar-refractivity contribution < 1.29 is 17.9 Å². The first-order chi connectivity index (χ1) is 11.3. The smallest absolute Gasteiger partial charge is 0.231 e. The van der Waals surface area contributed by atoms with Crippen LogP contribution in [0.15, 0.2) is 12.1 Å². The fourth-order valence-electron chi connectivity index (χ4n) is 4.10. The van der Waals surface area contributed by atoms with E-state index in [1.807, 2.05) is 25.1 Å². The van der Waals surface area contributed by atoms with Gasteiger partial charge >= 0.3 is 0 Å². The molecule has 3 heterocycles. The van der Waals surface area contributed by atoms with Crippen LogP contribution in [-0.4, -0.2) is 69.2 Å². The Hall–Kier alpha value is -1.02. The van der Waals surface area contributed by atoms with Crippen molar-refractivity contribution in [1.29, 1.82) is 0 Å². The molecule has 0 saturated carbocycles. The molecule has 3 atom stereocenters. The third-order valence-corrected chi connectivity index (χ3v) is 7.92. The Bertz CT molecular complexity index is 768. The Balaban J connectivity index is 1.54. The Kier molecular flexibility index (Phi) is 3.95. The largest absolute Gasteiger partial charge is 0.454 e. The fraction of sp³-hybridized carbons (Fsp3) is 0.625. The Morgan fingerprint density at radius 2 is 1.96 bits per heavy atom. The van der Waals surface area contributed by atoms with Crippen LogP contribution in [-0.2, 0) is 16.4 Å². The van der Waals surface area contributed by atoms with Gasteiger partial charge in [0.25, 0.3) is 0 Å². The lowest BCUT2D eigenvalue weighted by molar-refractivity contribution is 0.174. The maximum atomic E-state index is 12.5. The standard InChI is InChI=1S/C16H21ClN2O4S/c1-18(2)13-8-24(20,21)16-7-19(6-11(13)16)5-10-3-14-15(4-12(10)17)23-9-22-14/h3-4,11,13,16H,5-9H2,1-2H3/t11-,13+,16-/m0/s1. The van der Waals surface area contributed by atoms with Gasteiger partial charge in [-0.05, 0) is 25.7 Å². The summed E-state index contributed by atoms with van der Waals surface area (Å²) in [7, 11) is 0.893. The molecule has 0 unspecified atom stereocenters. The molecule has 0 N–H and O–H groups in total. The highest BCUT2D eigenvalue weighted by Crippen LogP contribution is 2.40. The normalized spacial score (nSPS) is 30.9. The average Bonchev–Trinajstić information content (AvgIpc) is 3.16. The van der Waals surface area contributed by atoms with Crippen molar-refractivity contribution in [2.24, 2.45) is 5.92 Å². The van der Waals surface area contributed by atoms with Crippen LogP contribution in [0.3, 0.4) is 0 Å². The van der Waals surface area contributed by atoms with Crippen LogP contribution in [0.1, 0.15) is 5.56 Å². The molecule has 0 aromatic heterocycles. The minimum atomic E-state index is -3.02. The van der Waals surface area contributed by atoms with Crippen LogP contribution < -0.4 is 9.47 Å². The number of ether oxygens (including phenoxy) is 2. The van der Waals surface area contributed by atoms with E-state index in [1.54, 1.807) is 6.07 Å². The monoisotopic (exact) mass is 372 g/mol. The quantitative estimate of drug-likeness (QED) is 0.795. The molecule has 4 rings (SSSR count). The highest BCUT2D eigenvalue weighted by molar-refractivity contribution is 7.92. The number of halogens is 1. The molecule has 1 aromatic carbocycles. The zero-order chi connectivity index (χ0) is 17.1. The number of hydrogen-bond acceptors (Lipinski definition) is 6. The van der Waals surface area contributed by atoms with Gasteiger partial charge in [-0.1, -0.05) is 11.6 Å². The predicted octanol–water partition coefficient (Wildman–Crippen LogP) is 1.23. The molecule has 1 aromatic rings. The van der Waals surface area contributed by atoms with E-state index in [0.29, 0.717) is 29.6 Å². The maximum Gasteiger partial charge on any atom is 0.231 e. The van der Waals surface area contributed by atoms with Gasteiger partial charge in [-0.3, -0.25) is 4.90 Å². The molecule has 2 saturated heterocycles. The Morgan fingerprint density at radius 3 is 2.67 bits per heavy atom. The summed E-state index contributed by atoms with van der Waals surface area (Å²) in [5.41, 5.74) is 0.944. The topological polar surface area (TPSA) is 59.1 Å². The summed E-state index contributed by atoms with van der Waals surface area (Å²) in [6.45, 7) is 2.18. The molecule has 0 aliphatic carbocycles. The predicted molar refractivity (Wildman–Crippen MR) is 91.4 cm³/mol. The van der Waals surface area contributed by atoms with Crippen molar-refractivity contribution in [3.8, 4) is 11.5 Å². The van der Waals surface area contributed by atoms with Gasteiger partial charge in [0.2, 0.25) is 6.79 Å². The first-order valence-corrected chi connectivity index (χ1v) is 10.1. The number of benzene rings is 1. The van der Waals surface area contributed by atoms with E-state index in [1.165, 1.54) is 0 Å². The molecule has 0 bridgehead atoms. The van der Waals surface area contributed by atoms with Crippen molar-refractivity contribution in [1.82, 2.24) is 9.80 Å². The average molecular weight is 373 g/mol. The Labute approximate surface area is 147 Å². The third kappa shape index (κ3) is 2.67. The second kappa shape index (κ2) is 5.76. The number of hydrogen-bond donors (Lipinski definition) is 0. The van der Waals surface area contributed by atoms with Crippen LogP contribution >= 0.6 is 11.6 Å². The summed E-state index contributed by atoms with van der Waals surface area (Å²) in [6.07, 6.45) is 0. The summed E-state index contributed by atoms with van der Waals surface area (Å²) < 4.78 is 35.7. The molecule has 8 heteroatoms. The first-order valence-electron chi connectivity index (χ1n) is 8.03. The number of likely N-dealkylation sites (tertiary alicyclic amines) is 1.